The SMILES string of the molecule is NN(I)c1cc(F)cc(I)c1. The van der Waals surface area contributed by atoms with Gasteiger partial charge in [-0.1, -0.05) is 0 Å². The fourth-order valence-corrected chi connectivity index (χ4v) is 1.56. The highest BCUT2D eigenvalue weighted by Gasteiger charge is 2.00. The number of nitrogens with zero attached hydrogens (tertiary/aromatic N) is 1. The first-order chi connectivity index (χ1) is 5.09. The third kappa shape index (κ3) is 2.71. The van der Waals surface area contributed by atoms with E-state index in [-0.39, 0.29) is 5.82 Å². The van der Waals surface area contributed by atoms with Crippen molar-refractivity contribution in [2.45, 2.75) is 0 Å². The van der Waals surface area contributed by atoms with Crippen LogP contribution in [0.4, 0.5) is 10.1 Å². The molecule has 1 aromatic carbocycles. The molecule has 0 aliphatic heterocycles. The van der Waals surface area contributed by atoms with Crippen LogP contribution in [0, 0.1) is 9.39 Å². The first-order valence-electron chi connectivity index (χ1n) is 2.76. The molecule has 5 heteroatoms. The van der Waals surface area contributed by atoms with Crippen molar-refractivity contribution in [2.75, 3.05) is 3.22 Å². The number of nitrogens with two attached hydrogens (primary N) is 1. The van der Waals surface area contributed by atoms with E-state index in [1.807, 2.05) is 45.5 Å². The van der Waals surface area contributed by atoms with Gasteiger partial charge in [-0.2, -0.15) is 0 Å². The second kappa shape index (κ2) is 3.85. The molecule has 0 aromatic heterocycles. The van der Waals surface area contributed by atoms with Gasteiger partial charge in [0.15, 0.2) is 0 Å². The zero-order valence-electron chi connectivity index (χ0n) is 5.39. The number of anilines is 1. The second-order valence-corrected chi connectivity index (χ2v) is 4.22. The van der Waals surface area contributed by atoms with Crippen LogP contribution in [0.25, 0.3) is 0 Å². The molecule has 0 saturated carbocycles. The van der Waals surface area contributed by atoms with Crippen LogP contribution in [-0.4, -0.2) is 0 Å². The largest absolute Gasteiger partial charge is 0.251 e. The van der Waals surface area contributed by atoms with E-state index in [9.17, 15) is 4.39 Å². The number of rotatable bonds is 1. The van der Waals surface area contributed by atoms with Gasteiger partial charge in [-0.25, -0.2) is 10.2 Å². The fourth-order valence-electron chi connectivity index (χ4n) is 0.663. The maximum atomic E-state index is 12.7. The summed E-state index contributed by atoms with van der Waals surface area (Å²) in [6, 6.07) is 4.63. The summed E-state index contributed by atoms with van der Waals surface area (Å²) < 4.78 is 14.9. The first kappa shape index (κ1) is 9.46. The van der Waals surface area contributed by atoms with Crippen LogP contribution in [0.3, 0.4) is 0 Å². The quantitative estimate of drug-likeness (QED) is 0.352. The normalized spacial score (nSPS) is 9.82. The van der Waals surface area contributed by atoms with Crippen molar-refractivity contribution in [1.82, 2.24) is 0 Å². The van der Waals surface area contributed by atoms with Gasteiger partial charge >= 0.3 is 0 Å². The van der Waals surface area contributed by atoms with Gasteiger partial charge in [0.1, 0.15) is 5.82 Å². The zero-order chi connectivity index (χ0) is 8.43. The summed E-state index contributed by atoms with van der Waals surface area (Å²) in [5.41, 5.74) is 0.662. The lowest BCUT2D eigenvalue weighted by Gasteiger charge is -2.08. The van der Waals surface area contributed by atoms with Crippen molar-refractivity contribution < 1.29 is 4.39 Å². The fraction of sp³-hybridized carbons (Fsp3) is 0. The van der Waals surface area contributed by atoms with Crippen LogP contribution in [0.5, 0.6) is 0 Å². The van der Waals surface area contributed by atoms with E-state index in [1.54, 1.807) is 6.07 Å². The lowest BCUT2D eigenvalue weighted by molar-refractivity contribution is 0.627. The Bertz CT molecular complexity index is 245. The average Bonchev–Trinajstić information content (AvgIpc) is 1.85. The Morgan fingerprint density at radius 3 is 2.45 bits per heavy atom. The summed E-state index contributed by atoms with van der Waals surface area (Å²) in [4.78, 5) is 0. The van der Waals surface area contributed by atoms with E-state index in [4.69, 9.17) is 5.84 Å². The molecule has 0 amide bonds. The van der Waals surface area contributed by atoms with Crippen molar-refractivity contribution in [3.8, 4) is 0 Å². The molecule has 0 spiro atoms. The Hall–Kier alpha value is 0.370. The van der Waals surface area contributed by atoms with Crippen LogP contribution in [-0.2, 0) is 0 Å². The van der Waals surface area contributed by atoms with Crippen LogP contribution < -0.4 is 9.06 Å². The Morgan fingerprint density at radius 2 is 2.00 bits per heavy atom. The molecule has 2 nitrogen and oxygen atoms in total. The molecule has 0 bridgehead atoms. The van der Waals surface area contributed by atoms with E-state index in [0.717, 1.165) is 3.57 Å². The number of hydrazine groups is 1. The smallest absolute Gasteiger partial charge is 0.126 e. The van der Waals surface area contributed by atoms with Crippen molar-refractivity contribution in [1.29, 1.82) is 0 Å². The van der Waals surface area contributed by atoms with Crippen LogP contribution in [0.15, 0.2) is 18.2 Å². The standard InChI is InChI=1S/C6H5FI2N2/c7-4-1-5(8)3-6(2-4)11(9)10/h1-3H,10H2. The van der Waals surface area contributed by atoms with Gasteiger partial charge in [0.05, 0.1) is 28.6 Å². The molecule has 0 heterocycles. The van der Waals surface area contributed by atoms with Crippen LogP contribution in [0.1, 0.15) is 0 Å². The number of benzene rings is 1. The van der Waals surface area contributed by atoms with Gasteiger partial charge in [-0.15, -0.1) is 0 Å². The third-order valence-electron chi connectivity index (χ3n) is 1.09. The summed E-state index contributed by atoms with van der Waals surface area (Å²) in [6.07, 6.45) is 0. The molecular formula is C6H5FI2N2. The highest BCUT2D eigenvalue weighted by atomic mass is 127. The Labute approximate surface area is 91.5 Å². The van der Waals surface area contributed by atoms with E-state index in [0.29, 0.717) is 5.69 Å². The summed E-state index contributed by atoms with van der Waals surface area (Å²) >= 11 is 3.92. The molecule has 2 N–H and O–H groups in total. The minimum absolute atomic E-state index is 0.265. The average molecular weight is 378 g/mol. The van der Waals surface area contributed by atoms with Crippen molar-refractivity contribution in [3.05, 3.63) is 27.6 Å². The molecule has 0 aliphatic carbocycles. The maximum absolute atomic E-state index is 12.7. The molecule has 1 aromatic rings. The molecular weight excluding hydrogens is 373 g/mol. The Balaban J connectivity index is 3.08. The predicted molar refractivity (Wildman–Crippen MR) is 59.8 cm³/mol. The molecule has 1 rings (SSSR count). The monoisotopic (exact) mass is 378 g/mol. The minimum Gasteiger partial charge on any atom is -0.251 e. The van der Waals surface area contributed by atoms with Gasteiger partial charge in [-0.3, -0.25) is 3.22 Å². The van der Waals surface area contributed by atoms with Gasteiger partial charge < -0.3 is 0 Å². The van der Waals surface area contributed by atoms with E-state index >= 15 is 0 Å². The Morgan fingerprint density at radius 1 is 1.36 bits per heavy atom. The van der Waals surface area contributed by atoms with Crippen LogP contribution in [0.2, 0.25) is 0 Å². The van der Waals surface area contributed by atoms with Gasteiger partial charge in [-0.05, 0) is 40.8 Å². The number of hydrogen-bond acceptors (Lipinski definition) is 2. The maximum Gasteiger partial charge on any atom is 0.126 e. The van der Waals surface area contributed by atoms with Gasteiger partial charge in [0.2, 0.25) is 0 Å². The second-order valence-electron chi connectivity index (χ2n) is 1.94. The van der Waals surface area contributed by atoms with Gasteiger partial charge in [0, 0.05) is 3.57 Å². The first-order valence-corrected chi connectivity index (χ1v) is 4.80. The van der Waals surface area contributed by atoms with Crippen molar-refractivity contribution in [2.24, 2.45) is 5.84 Å². The van der Waals surface area contributed by atoms with E-state index in [2.05, 4.69) is 0 Å². The van der Waals surface area contributed by atoms with Crippen molar-refractivity contribution >= 4 is 51.1 Å². The van der Waals surface area contributed by atoms with E-state index in [1.165, 1.54) is 15.4 Å². The molecule has 0 fully saturated rings. The highest BCUT2D eigenvalue weighted by Crippen LogP contribution is 2.19. The highest BCUT2D eigenvalue weighted by molar-refractivity contribution is 14.1. The molecule has 0 radical (unpaired) electrons. The summed E-state index contributed by atoms with van der Waals surface area (Å²) in [6.45, 7) is 0. The molecule has 60 valence electrons. The molecule has 0 unspecified atom stereocenters. The summed E-state index contributed by atoms with van der Waals surface area (Å²) in [5.74, 6) is 5.14. The topological polar surface area (TPSA) is 29.3 Å². The molecule has 11 heavy (non-hydrogen) atoms. The lowest BCUT2D eigenvalue weighted by Crippen LogP contribution is -2.17. The minimum atomic E-state index is -0.265. The molecule has 0 saturated heterocycles. The molecule has 0 atom stereocenters. The van der Waals surface area contributed by atoms with Crippen molar-refractivity contribution in [3.63, 3.8) is 0 Å². The predicted octanol–water partition coefficient (Wildman–Crippen LogP) is 2.46. The Kier molecular flexibility index (Phi) is 3.31. The van der Waals surface area contributed by atoms with Crippen LogP contribution >= 0.6 is 45.5 Å². The molecule has 0 aliphatic rings. The lowest BCUT2D eigenvalue weighted by atomic mass is 10.3. The zero-order valence-corrected chi connectivity index (χ0v) is 9.71. The number of hydrogen-bond donors (Lipinski definition) is 1. The summed E-state index contributed by atoms with van der Waals surface area (Å²) in [5, 5.41) is 0. The number of halogens is 3. The third-order valence-corrected chi connectivity index (χ3v) is 2.27. The van der Waals surface area contributed by atoms with Gasteiger partial charge in [0.25, 0.3) is 0 Å². The summed E-state index contributed by atoms with van der Waals surface area (Å²) in [7, 11) is 0. The van der Waals surface area contributed by atoms with E-state index < -0.39 is 0 Å².